The van der Waals surface area contributed by atoms with Crippen LogP contribution in [0.3, 0.4) is 0 Å². The minimum atomic E-state index is -0.247. The summed E-state index contributed by atoms with van der Waals surface area (Å²) in [5.41, 5.74) is 6.07. The minimum Gasteiger partial charge on any atom is -0.143 e. The van der Waals surface area contributed by atoms with Crippen molar-refractivity contribution in [2.75, 3.05) is 0 Å². The van der Waals surface area contributed by atoms with E-state index in [1.54, 1.807) is 0 Å². The molecule has 12 heavy (non-hydrogen) atoms. The Balaban J connectivity index is 3.77. The van der Waals surface area contributed by atoms with E-state index in [2.05, 4.69) is 72.5 Å². The Morgan fingerprint density at radius 2 is 0.917 bits per heavy atom. The zero-order valence-electron chi connectivity index (χ0n) is 6.00. The lowest BCUT2D eigenvalue weighted by Crippen LogP contribution is -2.22. The van der Waals surface area contributed by atoms with E-state index in [0.717, 1.165) is 0 Å². The molecule has 0 nitrogen and oxygen atoms in total. The lowest BCUT2D eigenvalue weighted by molar-refractivity contribution is 1.67. The molecule has 0 fully saturated rings. The van der Waals surface area contributed by atoms with Crippen LogP contribution >= 0.6 is 0 Å². The van der Waals surface area contributed by atoms with Gasteiger partial charge in [0.15, 0.2) is 0 Å². The number of rotatable bonds is 2. The molecule has 48 valence electrons. The molecule has 0 aromatic heterocycles. The molecule has 8 heteroatoms. The molecule has 0 N–H and O–H groups in total. The quantitative estimate of drug-likeness (QED) is 0.382. The van der Waals surface area contributed by atoms with Gasteiger partial charge in [0.05, 0.1) is 0 Å². The summed E-state index contributed by atoms with van der Waals surface area (Å²) in [4.78, 5) is 0. The first kappa shape index (κ1) is 13.3. The maximum atomic E-state index is 3.41. The van der Waals surface area contributed by atoms with Crippen LogP contribution in [0.4, 0.5) is 0 Å². The highest BCUT2D eigenvalue weighted by molar-refractivity contribution is 6.87. The predicted octanol–water partition coefficient (Wildman–Crippen LogP) is -2.61. The fourth-order valence-electron chi connectivity index (χ4n) is 0.250. The zero-order chi connectivity index (χ0) is 9.83. The second kappa shape index (κ2) is 5.24. The Bertz CT molecular complexity index is 166. The third-order valence-corrected chi connectivity index (χ3v) is 4.31. The highest BCUT2D eigenvalue weighted by Crippen LogP contribution is 2.04. The van der Waals surface area contributed by atoms with E-state index in [0.29, 0.717) is 19.0 Å². The monoisotopic (exact) mass is 272 g/mol. The van der Waals surface area contributed by atoms with Crippen molar-refractivity contribution in [3.8, 4) is 11.1 Å². The summed E-state index contributed by atoms with van der Waals surface area (Å²) in [7, 11) is 21.4. The van der Waals surface area contributed by atoms with E-state index in [1.165, 1.54) is 0 Å². The predicted molar refractivity (Wildman–Crippen MR) is 59.2 cm³/mol. The van der Waals surface area contributed by atoms with Crippen LogP contribution in [0.1, 0.15) is 0 Å². The van der Waals surface area contributed by atoms with Crippen molar-refractivity contribution in [1.82, 2.24) is 0 Å². The summed E-state index contributed by atoms with van der Waals surface area (Å²) in [6, 6.07) is 0. The lowest BCUT2D eigenvalue weighted by Gasteiger charge is -2.11. The number of hydrogen-bond acceptors (Lipinski definition) is 0. The van der Waals surface area contributed by atoms with Crippen LogP contribution in [0.15, 0.2) is 0 Å². The molecule has 0 unspecified atom stereocenters. The van der Waals surface area contributed by atoms with Gasteiger partial charge in [0.1, 0.15) is 19.0 Å². The molecule has 0 aromatic carbocycles. The molecule has 0 atom stereocenters. The van der Waals surface area contributed by atoms with Crippen LogP contribution in [-0.2, 0) is 0 Å². The molecule has 0 heterocycles. The van der Waals surface area contributed by atoms with Crippen molar-refractivity contribution in [3.05, 3.63) is 0 Å². The fraction of sp³-hybridized carbons (Fsp3) is 0.500. The summed E-state index contributed by atoms with van der Waals surface area (Å²) in [6.45, 7) is 0. The van der Waals surface area contributed by atoms with Gasteiger partial charge in [0.25, 0.3) is 0 Å². The third kappa shape index (κ3) is 11.3. The van der Waals surface area contributed by atoms with Gasteiger partial charge in [-0.3, -0.25) is 0 Å². The van der Waals surface area contributed by atoms with E-state index >= 15 is 0 Å². The standard InChI is InChI=1S/C4Si8/c5-3(6,7)11-1-2-12-4(8,9)10. The van der Waals surface area contributed by atoms with Gasteiger partial charge in [0.2, 0.25) is 0 Å². The SMILES string of the molecule is [Si]C([Si])([Si])[Si]C#C[Si]C([Si])([Si])[Si]. The van der Waals surface area contributed by atoms with Crippen molar-refractivity contribution >= 4 is 80.5 Å². The second-order valence-corrected chi connectivity index (χ2v) is 15.0. The molecular formula is C4Si8. The molecule has 22 radical (unpaired) electrons. The Morgan fingerprint density at radius 1 is 0.667 bits per heavy atom. The highest BCUT2D eigenvalue weighted by atomic mass is 28.4. The number of hydrogen-bond donors (Lipinski definition) is 0. The van der Waals surface area contributed by atoms with E-state index < -0.39 is 0 Å². The van der Waals surface area contributed by atoms with Crippen LogP contribution in [0.5, 0.6) is 0 Å². The average Bonchev–Trinajstić information content (AvgIpc) is 1.76. The molecule has 0 aliphatic carbocycles. The van der Waals surface area contributed by atoms with Crippen molar-refractivity contribution in [1.29, 1.82) is 0 Å². The smallest absolute Gasteiger partial charge is 0.142 e. The molecule has 0 bridgehead atoms. The summed E-state index contributed by atoms with van der Waals surface area (Å²) in [5, 5.41) is 0. The Labute approximate surface area is 99.0 Å². The maximum Gasteiger partial charge on any atom is 0.142 e. The largest absolute Gasteiger partial charge is 0.143 e. The molecule has 0 rings (SSSR count). The van der Waals surface area contributed by atoms with Gasteiger partial charge in [-0.25, -0.2) is 0 Å². The van der Waals surface area contributed by atoms with Gasteiger partial charge in [-0.05, 0) is 0 Å². The van der Waals surface area contributed by atoms with Gasteiger partial charge in [-0.15, -0.1) is 11.1 Å². The first-order valence-corrected chi connectivity index (χ1v) is 7.75. The first-order valence-electron chi connectivity index (χ1n) is 2.75. The van der Waals surface area contributed by atoms with Gasteiger partial charge in [-0.1, -0.05) is 7.82 Å². The fourth-order valence-corrected chi connectivity index (χ4v) is 2.25. The summed E-state index contributed by atoms with van der Waals surface area (Å²) in [6.07, 6.45) is 0. The van der Waals surface area contributed by atoms with E-state index in [9.17, 15) is 0 Å². The molecule has 0 aliphatic heterocycles. The Morgan fingerprint density at radius 3 is 1.08 bits per heavy atom. The van der Waals surface area contributed by atoms with Gasteiger partial charge >= 0.3 is 0 Å². The Kier molecular flexibility index (Phi) is 5.81. The van der Waals surface area contributed by atoms with Crippen LogP contribution < -0.4 is 0 Å². The van der Waals surface area contributed by atoms with E-state index in [1.807, 2.05) is 0 Å². The summed E-state index contributed by atoms with van der Waals surface area (Å²) in [5.74, 6) is 0. The third-order valence-electron chi connectivity index (χ3n) is 0.562. The normalized spacial score (nSPS) is 12.2. The Hall–Kier alpha value is 1.30. The van der Waals surface area contributed by atoms with Crippen molar-refractivity contribution in [2.45, 2.75) is 7.82 Å². The minimum absolute atomic E-state index is 0.247. The van der Waals surface area contributed by atoms with Crippen LogP contribution in [0, 0.1) is 11.1 Å². The van der Waals surface area contributed by atoms with Crippen LogP contribution in [0.2, 0.25) is 7.82 Å². The van der Waals surface area contributed by atoms with Gasteiger partial charge in [-0.2, -0.15) is 0 Å². The average molecular weight is 273 g/mol. The molecule has 0 amide bonds. The van der Waals surface area contributed by atoms with Gasteiger partial charge in [0, 0.05) is 61.5 Å². The molecule has 0 saturated heterocycles. The molecular weight excluding hydrogens is 273 g/mol. The molecule has 0 spiro atoms. The molecule has 0 saturated carbocycles. The highest BCUT2D eigenvalue weighted by Gasteiger charge is 2.12. The zero-order valence-corrected chi connectivity index (χ0v) is 14.0. The van der Waals surface area contributed by atoms with E-state index in [-0.39, 0.29) is 7.82 Å². The maximum absolute atomic E-state index is 3.41. The lowest BCUT2D eigenvalue weighted by atomic mass is 11.4. The van der Waals surface area contributed by atoms with Crippen molar-refractivity contribution in [3.63, 3.8) is 0 Å². The van der Waals surface area contributed by atoms with Crippen molar-refractivity contribution in [2.24, 2.45) is 0 Å². The summed E-state index contributed by atoms with van der Waals surface area (Å²) < 4.78 is -0.493. The van der Waals surface area contributed by atoms with Crippen LogP contribution in [0.25, 0.3) is 0 Å². The van der Waals surface area contributed by atoms with E-state index in [4.69, 9.17) is 0 Å². The second-order valence-electron chi connectivity index (χ2n) is 2.00. The van der Waals surface area contributed by atoms with Gasteiger partial charge < -0.3 is 0 Å². The van der Waals surface area contributed by atoms with Crippen LogP contribution in [-0.4, -0.2) is 80.5 Å². The van der Waals surface area contributed by atoms with Crippen molar-refractivity contribution < 1.29 is 0 Å². The summed E-state index contributed by atoms with van der Waals surface area (Å²) >= 11 is 0. The molecule has 0 aliphatic rings. The molecule has 0 aromatic rings. The first-order chi connectivity index (χ1) is 5.21. The topological polar surface area (TPSA) is 0 Å².